The first kappa shape index (κ1) is 15.8. The van der Waals surface area contributed by atoms with Crippen LogP contribution in [0.15, 0.2) is 18.2 Å². The molecule has 1 amide bonds. The van der Waals surface area contributed by atoms with E-state index in [0.717, 1.165) is 24.2 Å². The van der Waals surface area contributed by atoms with E-state index in [1.165, 1.54) is 5.56 Å². The van der Waals surface area contributed by atoms with Crippen molar-refractivity contribution in [3.8, 4) is 5.75 Å². The van der Waals surface area contributed by atoms with Crippen molar-refractivity contribution in [3.05, 3.63) is 29.3 Å². The second-order valence-corrected chi connectivity index (χ2v) is 5.89. The van der Waals surface area contributed by atoms with Gasteiger partial charge in [0.15, 0.2) is 0 Å². The van der Waals surface area contributed by atoms with E-state index in [0.29, 0.717) is 25.4 Å². The third-order valence-corrected chi connectivity index (χ3v) is 3.89. The molecule has 0 heterocycles. The number of hydrogen-bond donors (Lipinski definition) is 2. The van der Waals surface area contributed by atoms with Crippen LogP contribution in [0.4, 0.5) is 0 Å². The lowest BCUT2D eigenvalue weighted by molar-refractivity contribution is -0.122. The molecule has 1 unspecified atom stereocenters. The first-order chi connectivity index (χ1) is 10.1. The Kier molecular flexibility index (Phi) is 5.62. The van der Waals surface area contributed by atoms with E-state index in [1.54, 1.807) is 0 Å². The van der Waals surface area contributed by atoms with Gasteiger partial charge in [0.05, 0.1) is 13.0 Å². The molecular weight excluding hydrogens is 266 g/mol. The van der Waals surface area contributed by atoms with Gasteiger partial charge in [-0.15, -0.1) is 0 Å². The molecule has 1 atom stereocenters. The fourth-order valence-electron chi connectivity index (χ4n) is 2.56. The molecule has 1 aromatic carbocycles. The largest absolute Gasteiger partial charge is 0.493 e. The Hall–Kier alpha value is -1.55. The molecule has 1 aliphatic rings. The molecule has 2 N–H and O–H groups in total. The maximum Gasteiger partial charge on any atom is 0.223 e. The van der Waals surface area contributed by atoms with Crippen LogP contribution < -0.4 is 10.1 Å². The monoisotopic (exact) mass is 291 g/mol. The number of carbonyl (C=O) groups excluding carboxylic acids is 1. The summed E-state index contributed by atoms with van der Waals surface area (Å²) in [7, 11) is 0. The number of hydrogen-bond acceptors (Lipinski definition) is 3. The molecule has 1 fully saturated rings. The van der Waals surface area contributed by atoms with Gasteiger partial charge in [0.2, 0.25) is 5.91 Å². The minimum atomic E-state index is 0.00474. The Morgan fingerprint density at radius 1 is 1.43 bits per heavy atom. The van der Waals surface area contributed by atoms with Crippen LogP contribution in [0.1, 0.15) is 36.8 Å². The number of rotatable bonds is 8. The molecule has 116 valence electrons. The van der Waals surface area contributed by atoms with E-state index >= 15 is 0 Å². The van der Waals surface area contributed by atoms with Crippen molar-refractivity contribution in [1.82, 2.24) is 5.32 Å². The van der Waals surface area contributed by atoms with Gasteiger partial charge in [-0.2, -0.15) is 0 Å². The molecule has 0 saturated heterocycles. The van der Waals surface area contributed by atoms with Crippen molar-refractivity contribution in [3.63, 3.8) is 0 Å². The van der Waals surface area contributed by atoms with Gasteiger partial charge < -0.3 is 15.2 Å². The number of ether oxygens (including phenoxy) is 1. The summed E-state index contributed by atoms with van der Waals surface area (Å²) in [5, 5.41) is 12.0. The van der Waals surface area contributed by atoms with E-state index in [2.05, 4.69) is 11.4 Å². The summed E-state index contributed by atoms with van der Waals surface area (Å²) in [6.07, 6.45) is 3.31. The molecule has 0 bridgehead atoms. The van der Waals surface area contributed by atoms with Crippen LogP contribution in [-0.2, 0) is 4.79 Å². The molecule has 1 aliphatic carbocycles. The van der Waals surface area contributed by atoms with Crippen molar-refractivity contribution in [2.24, 2.45) is 5.92 Å². The lowest BCUT2D eigenvalue weighted by Crippen LogP contribution is -2.37. The Balaban J connectivity index is 1.73. The highest BCUT2D eigenvalue weighted by Crippen LogP contribution is 2.33. The molecular formula is C17H25NO3. The van der Waals surface area contributed by atoms with Crippen molar-refractivity contribution in [1.29, 1.82) is 0 Å². The lowest BCUT2D eigenvalue weighted by Gasteiger charge is -2.17. The van der Waals surface area contributed by atoms with Crippen molar-refractivity contribution >= 4 is 5.91 Å². The van der Waals surface area contributed by atoms with Gasteiger partial charge in [0, 0.05) is 12.6 Å². The van der Waals surface area contributed by atoms with Crippen molar-refractivity contribution in [2.45, 2.75) is 45.6 Å². The Labute approximate surface area is 126 Å². The van der Waals surface area contributed by atoms with Crippen molar-refractivity contribution < 1.29 is 14.6 Å². The number of aryl methyl sites for hydroxylation is 2. The third kappa shape index (κ3) is 5.05. The second kappa shape index (κ2) is 7.46. The molecule has 1 saturated carbocycles. The topological polar surface area (TPSA) is 58.6 Å². The number of aliphatic hydroxyl groups excluding tert-OH is 1. The number of amides is 1. The third-order valence-electron chi connectivity index (χ3n) is 3.89. The summed E-state index contributed by atoms with van der Waals surface area (Å²) in [5.74, 6) is 1.40. The maximum atomic E-state index is 11.9. The Morgan fingerprint density at radius 3 is 2.81 bits per heavy atom. The van der Waals surface area contributed by atoms with E-state index in [1.807, 2.05) is 26.0 Å². The summed E-state index contributed by atoms with van der Waals surface area (Å²) >= 11 is 0. The highest BCUT2D eigenvalue weighted by molar-refractivity contribution is 5.76. The van der Waals surface area contributed by atoms with E-state index < -0.39 is 0 Å². The molecule has 0 aromatic heterocycles. The second-order valence-electron chi connectivity index (χ2n) is 5.89. The lowest BCUT2D eigenvalue weighted by atomic mass is 10.1. The zero-order valence-corrected chi connectivity index (χ0v) is 12.9. The number of nitrogens with one attached hydrogen (secondary N) is 1. The summed E-state index contributed by atoms with van der Waals surface area (Å²) in [6.45, 7) is 4.56. The SMILES string of the molecule is Cc1ccc(OCCC(=O)NC(CCO)C2CC2)c(C)c1. The smallest absolute Gasteiger partial charge is 0.223 e. The van der Waals surface area contributed by atoms with Crippen LogP contribution in [-0.4, -0.2) is 30.3 Å². The number of carbonyl (C=O) groups is 1. The quantitative estimate of drug-likeness (QED) is 0.773. The highest BCUT2D eigenvalue weighted by atomic mass is 16.5. The summed E-state index contributed by atoms with van der Waals surface area (Å²) in [6, 6.07) is 6.15. The van der Waals surface area contributed by atoms with Gasteiger partial charge in [-0.05, 0) is 50.7 Å². The predicted octanol–water partition coefficient (Wildman–Crippen LogP) is 2.35. The average molecular weight is 291 g/mol. The van der Waals surface area contributed by atoms with Crippen LogP contribution in [0.5, 0.6) is 5.75 Å². The Bertz CT molecular complexity index is 483. The minimum absolute atomic E-state index is 0.00474. The van der Waals surface area contributed by atoms with Gasteiger partial charge in [0.1, 0.15) is 5.75 Å². The molecule has 0 spiro atoms. The van der Waals surface area contributed by atoms with Crippen LogP contribution in [0.25, 0.3) is 0 Å². The average Bonchev–Trinajstić information content (AvgIpc) is 3.25. The Morgan fingerprint density at radius 2 is 2.19 bits per heavy atom. The first-order valence-corrected chi connectivity index (χ1v) is 7.70. The fourth-order valence-corrected chi connectivity index (χ4v) is 2.56. The molecule has 2 rings (SSSR count). The van der Waals surface area contributed by atoms with Gasteiger partial charge in [-0.25, -0.2) is 0 Å². The fraction of sp³-hybridized carbons (Fsp3) is 0.588. The minimum Gasteiger partial charge on any atom is -0.493 e. The first-order valence-electron chi connectivity index (χ1n) is 7.70. The van der Waals surface area contributed by atoms with Crippen molar-refractivity contribution in [2.75, 3.05) is 13.2 Å². The molecule has 0 aliphatic heterocycles. The zero-order chi connectivity index (χ0) is 15.2. The summed E-state index contributed by atoms with van der Waals surface area (Å²) in [5.41, 5.74) is 2.29. The summed E-state index contributed by atoms with van der Waals surface area (Å²) < 4.78 is 5.67. The summed E-state index contributed by atoms with van der Waals surface area (Å²) in [4.78, 5) is 11.9. The van der Waals surface area contributed by atoms with Gasteiger partial charge >= 0.3 is 0 Å². The maximum absolute atomic E-state index is 11.9. The normalized spacial score (nSPS) is 15.6. The van der Waals surface area contributed by atoms with E-state index in [9.17, 15) is 4.79 Å². The standard InChI is InChI=1S/C17H25NO3/c1-12-3-6-16(13(2)11-12)21-10-8-17(20)18-15(7-9-19)14-4-5-14/h3,6,11,14-15,19H,4-5,7-10H2,1-2H3,(H,18,20). The number of aliphatic hydroxyl groups is 1. The van der Waals surface area contributed by atoms with Crippen LogP contribution in [0.3, 0.4) is 0 Å². The molecule has 1 aromatic rings. The van der Waals surface area contributed by atoms with Crippen LogP contribution in [0.2, 0.25) is 0 Å². The van der Waals surface area contributed by atoms with Crippen LogP contribution in [0, 0.1) is 19.8 Å². The van der Waals surface area contributed by atoms with Crippen LogP contribution >= 0.6 is 0 Å². The van der Waals surface area contributed by atoms with Gasteiger partial charge in [-0.3, -0.25) is 4.79 Å². The van der Waals surface area contributed by atoms with E-state index in [4.69, 9.17) is 9.84 Å². The zero-order valence-electron chi connectivity index (χ0n) is 12.9. The van der Waals surface area contributed by atoms with E-state index in [-0.39, 0.29) is 18.6 Å². The van der Waals surface area contributed by atoms with Gasteiger partial charge in [0.25, 0.3) is 0 Å². The predicted molar refractivity (Wildman–Crippen MR) is 82.4 cm³/mol. The van der Waals surface area contributed by atoms with Gasteiger partial charge in [-0.1, -0.05) is 17.7 Å². The molecule has 4 heteroatoms. The molecule has 21 heavy (non-hydrogen) atoms. The number of benzene rings is 1. The highest BCUT2D eigenvalue weighted by Gasteiger charge is 2.31. The molecule has 0 radical (unpaired) electrons. The molecule has 4 nitrogen and oxygen atoms in total.